The number of carbonyl (C=O) groups excluding carboxylic acids is 1. The van der Waals surface area contributed by atoms with Gasteiger partial charge < -0.3 is 10.8 Å². The monoisotopic (exact) mass is 374 g/mol. The Morgan fingerprint density at radius 2 is 2.26 bits per heavy atom. The summed E-state index contributed by atoms with van der Waals surface area (Å²) in [6.45, 7) is 1.26. The van der Waals surface area contributed by atoms with Crippen molar-refractivity contribution in [2.24, 2.45) is 17.6 Å². The molecule has 0 aliphatic carbocycles. The van der Waals surface area contributed by atoms with E-state index in [1.165, 1.54) is 0 Å². The number of hydrogen-bond acceptors (Lipinski definition) is 7. The molecule has 3 rings (SSSR count). The lowest BCUT2D eigenvalue weighted by Gasteiger charge is -2.37. The maximum absolute atomic E-state index is 12.9. The number of nitrogens with zero attached hydrogens (tertiary/aromatic N) is 1. The standard InChI is InChI=1S/C15H19ClN2O3S2/c16-10-4-2-1-3-8(10)13(19)12-9-5-6-18(15(20)21-22)7-11(9)23-14(12)17/h1-4,9,11-12,14-15,20,22H,5-7,17H2. The van der Waals surface area contributed by atoms with Crippen LogP contribution in [0.5, 0.6) is 0 Å². The average molecular weight is 375 g/mol. The molecular weight excluding hydrogens is 356 g/mol. The maximum Gasteiger partial charge on any atom is 0.228 e. The Morgan fingerprint density at radius 1 is 1.52 bits per heavy atom. The molecule has 23 heavy (non-hydrogen) atoms. The number of Topliss-reactive ketones (excluding diaryl/α,β-unsaturated/α-hetero) is 1. The van der Waals surface area contributed by atoms with Gasteiger partial charge in [-0.25, -0.2) is 0 Å². The van der Waals surface area contributed by atoms with Crippen molar-refractivity contribution < 1.29 is 14.1 Å². The van der Waals surface area contributed by atoms with Gasteiger partial charge in [-0.1, -0.05) is 23.7 Å². The van der Waals surface area contributed by atoms with Crippen LogP contribution in [0, 0.1) is 11.8 Å². The van der Waals surface area contributed by atoms with Crippen molar-refractivity contribution in [3.8, 4) is 0 Å². The Balaban J connectivity index is 1.78. The van der Waals surface area contributed by atoms with E-state index in [9.17, 15) is 9.90 Å². The summed E-state index contributed by atoms with van der Waals surface area (Å²) in [4.78, 5) is 14.7. The molecule has 5 atom stereocenters. The molecule has 126 valence electrons. The summed E-state index contributed by atoms with van der Waals surface area (Å²) in [5, 5.41) is 10.2. The average Bonchev–Trinajstić information content (AvgIpc) is 2.88. The van der Waals surface area contributed by atoms with Crippen LogP contribution in [-0.4, -0.2) is 45.9 Å². The first-order chi connectivity index (χ1) is 11.0. The van der Waals surface area contributed by atoms with Crippen LogP contribution in [0.25, 0.3) is 0 Å². The fourth-order valence-electron chi connectivity index (χ4n) is 3.49. The highest BCUT2D eigenvalue weighted by molar-refractivity contribution is 8.00. The predicted octanol–water partition coefficient (Wildman–Crippen LogP) is 2.00. The van der Waals surface area contributed by atoms with Crippen LogP contribution in [0.2, 0.25) is 5.02 Å². The van der Waals surface area contributed by atoms with Gasteiger partial charge in [0.15, 0.2) is 5.78 Å². The molecule has 5 unspecified atom stereocenters. The lowest BCUT2D eigenvalue weighted by molar-refractivity contribution is -0.133. The summed E-state index contributed by atoms with van der Waals surface area (Å²) in [6.07, 6.45) is -0.255. The second kappa shape index (κ2) is 7.31. The summed E-state index contributed by atoms with van der Waals surface area (Å²) in [5.41, 5.74) is 6.79. The van der Waals surface area contributed by atoms with Gasteiger partial charge in [0.25, 0.3) is 0 Å². The molecule has 2 aliphatic rings. The van der Waals surface area contributed by atoms with Gasteiger partial charge in [0.05, 0.1) is 16.3 Å². The SMILES string of the molecule is NC1SC2CN(C(O)OS)CCC2C1C(=O)c1ccccc1Cl. The minimum atomic E-state index is -1.03. The molecule has 2 heterocycles. The van der Waals surface area contributed by atoms with Gasteiger partial charge in [-0.2, -0.15) is 0 Å². The van der Waals surface area contributed by atoms with E-state index in [1.54, 1.807) is 28.8 Å². The van der Waals surface area contributed by atoms with E-state index < -0.39 is 6.41 Å². The third kappa shape index (κ3) is 3.42. The van der Waals surface area contributed by atoms with E-state index >= 15 is 0 Å². The molecule has 8 heteroatoms. The number of thiol groups is 1. The Labute approximate surface area is 150 Å². The number of rotatable bonds is 4. The largest absolute Gasteiger partial charge is 0.355 e. The van der Waals surface area contributed by atoms with Crippen LogP contribution < -0.4 is 5.73 Å². The molecule has 0 amide bonds. The molecule has 0 spiro atoms. The van der Waals surface area contributed by atoms with Crippen molar-refractivity contribution in [1.82, 2.24) is 4.90 Å². The number of fused-ring (bicyclic) bond motifs is 1. The van der Waals surface area contributed by atoms with Gasteiger partial charge in [-0.05, 0) is 37.4 Å². The Kier molecular flexibility index (Phi) is 5.57. The summed E-state index contributed by atoms with van der Waals surface area (Å²) >= 11 is 11.4. The maximum atomic E-state index is 12.9. The number of ketones is 1. The minimum Gasteiger partial charge on any atom is -0.355 e. The molecular formula is C15H19ClN2O3S2. The molecule has 3 N–H and O–H groups in total. The van der Waals surface area contributed by atoms with Crippen LogP contribution in [0.15, 0.2) is 24.3 Å². The van der Waals surface area contributed by atoms with E-state index in [-0.39, 0.29) is 28.2 Å². The van der Waals surface area contributed by atoms with Crippen molar-refractivity contribution in [1.29, 1.82) is 0 Å². The molecule has 0 aromatic heterocycles. The number of aliphatic hydroxyl groups is 1. The first-order valence-electron chi connectivity index (χ1n) is 7.45. The van der Waals surface area contributed by atoms with Gasteiger partial charge in [0.1, 0.15) is 0 Å². The van der Waals surface area contributed by atoms with E-state index in [4.69, 9.17) is 17.3 Å². The quantitative estimate of drug-likeness (QED) is 0.324. The van der Waals surface area contributed by atoms with Crippen molar-refractivity contribution in [2.45, 2.75) is 23.5 Å². The van der Waals surface area contributed by atoms with Gasteiger partial charge in [-0.15, -0.1) is 11.8 Å². The highest BCUT2D eigenvalue weighted by Crippen LogP contribution is 2.47. The Morgan fingerprint density at radius 3 is 2.96 bits per heavy atom. The predicted molar refractivity (Wildman–Crippen MR) is 94.4 cm³/mol. The molecule has 0 bridgehead atoms. The van der Waals surface area contributed by atoms with Gasteiger partial charge in [0, 0.05) is 23.9 Å². The Bertz CT molecular complexity index is 592. The van der Waals surface area contributed by atoms with Crippen LogP contribution >= 0.6 is 36.3 Å². The molecule has 1 aromatic carbocycles. The van der Waals surface area contributed by atoms with Gasteiger partial charge in [0.2, 0.25) is 6.41 Å². The third-order valence-electron chi connectivity index (χ3n) is 4.64. The Hall–Kier alpha value is -0.280. The number of benzene rings is 1. The molecule has 2 saturated heterocycles. The number of piperidine rings is 1. The molecule has 2 aliphatic heterocycles. The first-order valence-corrected chi connectivity index (χ1v) is 9.13. The number of likely N-dealkylation sites (tertiary alicyclic amines) is 1. The minimum absolute atomic E-state index is 0.0162. The molecule has 5 nitrogen and oxygen atoms in total. The van der Waals surface area contributed by atoms with Crippen LogP contribution in [0.1, 0.15) is 16.8 Å². The number of hydrogen-bond donors (Lipinski definition) is 3. The van der Waals surface area contributed by atoms with E-state index in [0.29, 0.717) is 23.7 Å². The zero-order valence-corrected chi connectivity index (χ0v) is 14.8. The summed E-state index contributed by atoms with van der Waals surface area (Å²) in [5.74, 6) is -0.0502. The summed E-state index contributed by atoms with van der Waals surface area (Å²) < 4.78 is 4.68. The molecule has 0 saturated carbocycles. The number of nitrogens with two attached hydrogens (primary N) is 1. The first kappa shape index (κ1) is 17.5. The lowest BCUT2D eigenvalue weighted by Crippen LogP contribution is -2.48. The van der Waals surface area contributed by atoms with Gasteiger partial charge >= 0.3 is 0 Å². The second-order valence-corrected chi connectivity index (χ2v) is 7.93. The highest BCUT2D eigenvalue weighted by Gasteiger charge is 2.49. The van der Waals surface area contributed by atoms with Crippen LogP contribution in [-0.2, 0) is 4.18 Å². The smallest absolute Gasteiger partial charge is 0.228 e. The molecule has 1 aromatic rings. The van der Waals surface area contributed by atoms with E-state index in [0.717, 1.165) is 6.42 Å². The zero-order chi connectivity index (χ0) is 16.6. The van der Waals surface area contributed by atoms with Crippen LogP contribution in [0.3, 0.4) is 0 Å². The third-order valence-corrected chi connectivity index (χ3v) is 6.61. The van der Waals surface area contributed by atoms with E-state index in [1.807, 2.05) is 12.1 Å². The number of thioether (sulfide) groups is 1. The second-order valence-electron chi connectivity index (χ2n) is 5.89. The summed E-state index contributed by atoms with van der Waals surface area (Å²) in [7, 11) is 0. The fraction of sp³-hybridized carbons (Fsp3) is 0.533. The number of halogens is 1. The number of carbonyl (C=O) groups is 1. The normalized spacial score (nSPS) is 32.5. The summed E-state index contributed by atoms with van der Waals surface area (Å²) in [6, 6.07) is 7.10. The van der Waals surface area contributed by atoms with Crippen molar-refractivity contribution in [2.75, 3.05) is 13.1 Å². The number of aliphatic hydroxyl groups excluding tert-OH is 1. The molecule has 0 radical (unpaired) electrons. The van der Waals surface area contributed by atoms with Crippen molar-refractivity contribution in [3.63, 3.8) is 0 Å². The fourth-order valence-corrected chi connectivity index (χ4v) is 5.54. The van der Waals surface area contributed by atoms with Crippen LogP contribution in [0.4, 0.5) is 0 Å². The highest BCUT2D eigenvalue weighted by atomic mass is 35.5. The van der Waals surface area contributed by atoms with E-state index in [2.05, 4.69) is 17.1 Å². The van der Waals surface area contributed by atoms with Crippen molar-refractivity contribution >= 4 is 42.1 Å². The molecule has 2 fully saturated rings. The van der Waals surface area contributed by atoms with Crippen molar-refractivity contribution in [3.05, 3.63) is 34.9 Å². The van der Waals surface area contributed by atoms with Gasteiger partial charge in [-0.3, -0.25) is 13.9 Å². The topological polar surface area (TPSA) is 75.8 Å². The lowest BCUT2D eigenvalue weighted by atomic mass is 9.80. The zero-order valence-electron chi connectivity index (χ0n) is 12.3.